The molecule has 0 spiro atoms. The maximum absolute atomic E-state index is 3.72. The monoisotopic (exact) mass is 1660 g/mol. The second kappa shape index (κ2) is 33.7. The fourth-order valence-electron chi connectivity index (χ4n) is 15.2. The van der Waals surface area contributed by atoms with Crippen LogP contribution in [0.25, 0.3) is 65.4 Å². The Hall–Kier alpha value is -7.01. The third-order valence-corrected chi connectivity index (χ3v) is 22.6. The molecule has 0 fully saturated rings. The van der Waals surface area contributed by atoms with Gasteiger partial charge in [-0.15, -0.1) is 115 Å². The molecular formula is C108H116Cl2Zr2-2. The van der Waals surface area contributed by atoms with Gasteiger partial charge in [0.05, 0.1) is 0 Å². The van der Waals surface area contributed by atoms with Gasteiger partial charge in [-0.05, 0) is 64.9 Å². The molecule has 0 unspecified atom stereocenters. The van der Waals surface area contributed by atoms with Gasteiger partial charge in [0.25, 0.3) is 0 Å². The van der Waals surface area contributed by atoms with Gasteiger partial charge in [-0.1, -0.05) is 474 Å². The van der Waals surface area contributed by atoms with Crippen LogP contribution in [0.15, 0.2) is 218 Å². The van der Waals surface area contributed by atoms with Crippen LogP contribution in [0.5, 0.6) is 0 Å². The van der Waals surface area contributed by atoms with Gasteiger partial charge < -0.3 is 24.8 Å². The van der Waals surface area contributed by atoms with Crippen LogP contribution in [0.4, 0.5) is 0 Å². The molecule has 112 heavy (non-hydrogen) atoms. The number of rotatable bonds is 4. The predicted octanol–water partition coefficient (Wildman–Crippen LogP) is 22.9. The molecule has 0 heterocycles. The summed E-state index contributed by atoms with van der Waals surface area (Å²) in [6.45, 7) is 55.2. The van der Waals surface area contributed by atoms with E-state index >= 15 is 0 Å². The van der Waals surface area contributed by atoms with Crippen molar-refractivity contribution >= 4 is 65.4 Å². The zero-order valence-corrected chi connectivity index (χ0v) is 77.8. The second-order valence-electron chi connectivity index (χ2n) is 39.7. The summed E-state index contributed by atoms with van der Waals surface area (Å²) in [4.78, 5) is 0. The van der Waals surface area contributed by atoms with Crippen LogP contribution in [0, 0.1) is 24.3 Å². The molecule has 4 heteroatoms. The average Bonchev–Trinajstić information content (AvgIpc) is 1.67. The number of allylic oxidation sites excluding steroid dienone is 4. The molecule has 12 aromatic carbocycles. The second-order valence-corrected chi connectivity index (χ2v) is 39.7. The van der Waals surface area contributed by atoms with Gasteiger partial charge in [0, 0.05) is 0 Å². The molecule has 16 rings (SSSR count). The van der Waals surface area contributed by atoms with Gasteiger partial charge >= 0.3 is 52.4 Å². The Labute approximate surface area is 725 Å². The van der Waals surface area contributed by atoms with E-state index in [1.807, 2.05) is 0 Å². The maximum atomic E-state index is 3.72. The molecule has 0 N–H and O–H groups in total. The Morgan fingerprint density at radius 3 is 0.455 bits per heavy atom. The van der Waals surface area contributed by atoms with Crippen LogP contribution in [-0.2, 0) is 121 Å². The molecular weight excluding hydrogens is 1550 g/mol. The molecule has 0 nitrogen and oxygen atoms in total. The Kier molecular flexibility index (Phi) is 26.7. The third-order valence-electron chi connectivity index (χ3n) is 22.6. The summed E-state index contributed by atoms with van der Waals surface area (Å²) < 4.78 is 0. The van der Waals surface area contributed by atoms with Crippen molar-refractivity contribution in [2.75, 3.05) is 0 Å². The normalized spacial score (nSPS) is 13.9. The molecule has 0 bridgehead atoms. The van der Waals surface area contributed by atoms with Crippen LogP contribution in [0.2, 0.25) is 0 Å². The minimum Gasteiger partial charge on any atom is -1.00 e. The van der Waals surface area contributed by atoms with Crippen molar-refractivity contribution in [2.24, 2.45) is 0 Å². The summed E-state index contributed by atoms with van der Waals surface area (Å²) >= 11 is 0. The van der Waals surface area contributed by atoms with Crippen LogP contribution in [0.3, 0.4) is 0 Å². The van der Waals surface area contributed by atoms with Gasteiger partial charge in [0.2, 0.25) is 0 Å². The zero-order chi connectivity index (χ0) is 77.6. The number of fused-ring (bicyclic) bond motifs is 8. The first-order valence-electron chi connectivity index (χ1n) is 39.7. The van der Waals surface area contributed by atoms with Crippen LogP contribution < -0.4 is 24.8 Å². The number of benzene rings is 12. The Balaban J connectivity index is 0.000000169. The van der Waals surface area contributed by atoms with Crippen molar-refractivity contribution in [3.63, 3.8) is 0 Å². The molecule has 0 aromatic heterocycles. The molecule has 12 aromatic rings. The first-order chi connectivity index (χ1) is 50.4. The van der Waals surface area contributed by atoms with Gasteiger partial charge in [-0.2, -0.15) is 0 Å². The first-order valence-corrected chi connectivity index (χ1v) is 39.7. The Morgan fingerprint density at radius 1 is 0.188 bits per heavy atom. The van der Waals surface area contributed by atoms with E-state index in [-0.39, 0.29) is 121 Å². The summed E-state index contributed by atoms with van der Waals surface area (Å²) in [6.07, 6.45) is 18.7. The summed E-state index contributed by atoms with van der Waals surface area (Å²) in [5.74, 6) is 0. The third kappa shape index (κ3) is 20.4. The smallest absolute Gasteiger partial charge is 1.00 e. The summed E-state index contributed by atoms with van der Waals surface area (Å²) in [5.41, 5.74) is 33.5. The number of hydrogen-bond donors (Lipinski definition) is 0. The van der Waals surface area contributed by atoms with Crippen molar-refractivity contribution in [3.8, 4) is 0 Å². The summed E-state index contributed by atoms with van der Waals surface area (Å²) in [6, 6.07) is 81.5. The number of halogens is 2. The number of hydrogen-bond acceptors (Lipinski definition) is 0. The van der Waals surface area contributed by atoms with Crippen molar-refractivity contribution in [1.29, 1.82) is 0 Å². The molecule has 0 amide bonds. The van der Waals surface area contributed by atoms with E-state index in [0.29, 0.717) is 0 Å². The van der Waals surface area contributed by atoms with E-state index in [4.69, 9.17) is 0 Å². The van der Waals surface area contributed by atoms with Crippen molar-refractivity contribution in [3.05, 3.63) is 354 Å². The van der Waals surface area contributed by atoms with Crippen molar-refractivity contribution in [2.45, 2.75) is 235 Å². The van der Waals surface area contributed by atoms with E-state index in [9.17, 15) is 0 Å². The fourth-order valence-corrected chi connectivity index (χ4v) is 15.2. The molecule has 0 aliphatic heterocycles. The molecule has 0 atom stereocenters. The maximum Gasteiger partial charge on any atom is 2.00 e. The largest absolute Gasteiger partial charge is 2.00 e. The molecule has 4 aliphatic carbocycles. The average molecular weight is 1670 g/mol. The molecule has 0 saturated heterocycles. The topological polar surface area (TPSA) is 0 Å². The molecule has 0 radical (unpaired) electrons. The van der Waals surface area contributed by atoms with E-state index in [1.54, 1.807) is 0 Å². The SMILES string of the molecule is CC(C)(C)c1cc(C2=[C-]c3cc4ccccc4cc3C2)cc(C(C)(C)C)c1.CC(C)(C)c1cc(C2=[C-]c3cc4ccccc4cc3C2)cc(C(C)(C)C)c1.CC(C)(C)c1cc(C2=[C-]c3cc4ccccc4cc3C2)cc(C(C)(C)C)c1.CC(C)(C)c1cc(C2=[C-]c3cc4ccccc4cc3C2)cc(C(C)(C)C)c1.[Cl-].[Cl-].[Zr+2].[Zr+2]. The predicted molar refractivity (Wildman–Crippen MR) is 469 cm³/mol. The quantitative estimate of drug-likeness (QED) is 0.154. The van der Waals surface area contributed by atoms with Gasteiger partial charge in [-0.25, -0.2) is 0 Å². The Morgan fingerprint density at radius 2 is 0.321 bits per heavy atom. The van der Waals surface area contributed by atoms with Crippen molar-refractivity contribution in [1.82, 2.24) is 0 Å². The van der Waals surface area contributed by atoms with E-state index in [1.165, 1.54) is 177 Å². The van der Waals surface area contributed by atoms with Crippen LogP contribution in [0.1, 0.15) is 277 Å². The van der Waals surface area contributed by atoms with E-state index < -0.39 is 0 Å². The van der Waals surface area contributed by atoms with Crippen LogP contribution >= 0.6 is 0 Å². The molecule has 4 aliphatic rings. The first kappa shape index (κ1) is 88.9. The standard InChI is InChI=1S/4C27H29.2ClH.2Zr/c4*1-26(2,3)24-15-23(16-25(17-24)27(4,5)6)22-13-20-11-18-9-7-8-10-19(18)12-21(20)14-22;;;;/h4*7-12,15-17H,13H2,1-6H3;2*1H;;/q4*-1;;;2*+2/p-2. The summed E-state index contributed by atoms with van der Waals surface area (Å²) in [7, 11) is 0. The van der Waals surface area contributed by atoms with Gasteiger partial charge in [-0.3, -0.25) is 0 Å². The zero-order valence-electron chi connectivity index (χ0n) is 71.4. The van der Waals surface area contributed by atoms with Gasteiger partial charge in [0.1, 0.15) is 0 Å². The fraction of sp³-hybridized carbons (Fsp3) is 0.333. The minimum atomic E-state index is 0. The molecule has 572 valence electrons. The van der Waals surface area contributed by atoms with Gasteiger partial charge in [0.15, 0.2) is 0 Å². The van der Waals surface area contributed by atoms with Crippen LogP contribution in [-0.4, -0.2) is 0 Å². The van der Waals surface area contributed by atoms with Crippen molar-refractivity contribution < 1.29 is 77.2 Å². The minimum absolute atomic E-state index is 0. The molecule has 0 saturated carbocycles. The van der Waals surface area contributed by atoms with E-state index in [2.05, 4.69) is 409 Å². The van der Waals surface area contributed by atoms with E-state index in [0.717, 1.165) is 25.7 Å². The Bertz CT molecular complexity index is 4800. The summed E-state index contributed by atoms with van der Waals surface area (Å²) in [5, 5.41) is 10.5.